The topological polar surface area (TPSA) is 102 Å². The number of aliphatic carboxylic acids is 1. The number of carbonyl (C=O) groups is 3. The molecule has 3 aromatic rings. The van der Waals surface area contributed by atoms with E-state index in [1.54, 1.807) is 0 Å². The van der Waals surface area contributed by atoms with E-state index in [1.807, 2.05) is 35.2 Å². The highest BCUT2D eigenvalue weighted by atomic mass is 35.5. The second-order valence-corrected chi connectivity index (χ2v) is 13.3. The Morgan fingerprint density at radius 2 is 1.60 bits per heavy atom. The molecule has 8 nitrogen and oxygen atoms in total. The molecule has 12 heteroatoms. The lowest BCUT2D eigenvalue weighted by Crippen LogP contribution is -2.50. The quantitative estimate of drug-likeness (QED) is 0.232. The van der Waals surface area contributed by atoms with E-state index in [1.165, 1.54) is 28.0 Å². The number of alkyl halides is 3. The first-order valence-corrected chi connectivity index (χ1v) is 17.3. The molecule has 0 radical (unpaired) electrons. The van der Waals surface area contributed by atoms with Gasteiger partial charge >= 0.3 is 12.1 Å². The Morgan fingerprint density at radius 3 is 2.28 bits per heavy atom. The summed E-state index contributed by atoms with van der Waals surface area (Å²) in [6.45, 7) is 4.08. The van der Waals surface area contributed by atoms with Gasteiger partial charge in [0.1, 0.15) is 0 Å². The molecule has 0 aromatic heterocycles. The Balaban J connectivity index is 0.000000630. The molecule has 2 fully saturated rings. The fraction of sp³-hybridized carbons (Fsp3) is 0.395. The van der Waals surface area contributed by atoms with Crippen molar-refractivity contribution < 1.29 is 32.7 Å². The number of nitrogens with one attached hydrogen (secondary N) is 2. The van der Waals surface area contributed by atoms with Crippen LogP contribution in [0, 0.1) is 0 Å². The number of hydrogen-bond donors (Lipinski definition) is 3. The average Bonchev–Trinajstić information content (AvgIpc) is 3.10. The summed E-state index contributed by atoms with van der Waals surface area (Å²) in [7, 11) is 0. The summed E-state index contributed by atoms with van der Waals surface area (Å²) < 4.78 is 31.7. The first kappa shape index (κ1) is 36.9. The summed E-state index contributed by atoms with van der Waals surface area (Å²) in [5.41, 5.74) is 7.48. The Hall–Kier alpha value is -4.35. The van der Waals surface area contributed by atoms with E-state index in [-0.39, 0.29) is 23.9 Å². The zero-order valence-corrected chi connectivity index (χ0v) is 28.5. The predicted molar refractivity (Wildman–Crippen MR) is 187 cm³/mol. The maximum atomic E-state index is 13.5. The minimum Gasteiger partial charge on any atom is -0.475 e. The monoisotopic (exact) mass is 710 g/mol. The van der Waals surface area contributed by atoms with Crippen LogP contribution in [0.1, 0.15) is 54.4 Å². The number of fused-ring (bicyclic) bond motifs is 1. The standard InChI is InChI=1S/C36H41ClN4O2.C2HF3O2/c37-31-14-12-26(13-15-31)21-32(39-36(43)33-23-28-7-1-2-8-29(28)24-38-33)22-27-16-19-40(20-17-27)34-10-4-3-9-30(34)25-41-18-6-5-11-35(41)42;3-2(4,5)1(6)7/h1-4,7-10,12-15,22,32-33,38H,5-6,11,16-21,23-25H2,(H,39,43);(H,6,7)/t32-,33-;/m1./s1. The number of halogens is 4. The van der Waals surface area contributed by atoms with E-state index in [2.05, 4.69) is 64.1 Å². The Bertz CT molecular complexity index is 1670. The van der Waals surface area contributed by atoms with Crippen LogP contribution in [0.15, 0.2) is 84.4 Å². The lowest BCUT2D eigenvalue weighted by molar-refractivity contribution is -0.192. The lowest BCUT2D eigenvalue weighted by atomic mass is 9.94. The van der Waals surface area contributed by atoms with Gasteiger partial charge in [0.15, 0.2) is 0 Å². The van der Waals surface area contributed by atoms with Gasteiger partial charge in [-0.1, -0.05) is 77.8 Å². The average molecular weight is 711 g/mol. The third-order valence-electron chi connectivity index (χ3n) is 9.29. The van der Waals surface area contributed by atoms with Crippen LogP contribution in [0.3, 0.4) is 0 Å². The van der Waals surface area contributed by atoms with Crippen molar-refractivity contribution in [3.63, 3.8) is 0 Å². The lowest BCUT2D eigenvalue weighted by Gasteiger charge is -2.34. The van der Waals surface area contributed by atoms with Gasteiger partial charge < -0.3 is 25.5 Å². The number of carbonyl (C=O) groups excluding carboxylic acids is 2. The highest BCUT2D eigenvalue weighted by molar-refractivity contribution is 6.30. The van der Waals surface area contributed by atoms with E-state index < -0.39 is 12.1 Å². The van der Waals surface area contributed by atoms with Gasteiger partial charge in [0.05, 0.1) is 12.1 Å². The molecule has 0 bridgehead atoms. The van der Waals surface area contributed by atoms with E-state index in [0.717, 1.165) is 50.9 Å². The molecule has 0 saturated carbocycles. The molecule has 2 saturated heterocycles. The van der Waals surface area contributed by atoms with Crippen molar-refractivity contribution in [1.82, 2.24) is 15.5 Å². The minimum atomic E-state index is -5.08. The highest BCUT2D eigenvalue weighted by Gasteiger charge is 2.38. The first-order valence-electron chi connectivity index (χ1n) is 16.9. The molecule has 3 heterocycles. The third kappa shape index (κ3) is 10.3. The van der Waals surface area contributed by atoms with Crippen molar-refractivity contribution >= 4 is 35.1 Å². The fourth-order valence-electron chi connectivity index (χ4n) is 6.62. The highest BCUT2D eigenvalue weighted by Crippen LogP contribution is 2.29. The number of rotatable bonds is 8. The molecule has 2 atom stereocenters. The number of amides is 2. The van der Waals surface area contributed by atoms with E-state index >= 15 is 0 Å². The van der Waals surface area contributed by atoms with Crippen molar-refractivity contribution in [3.8, 4) is 0 Å². The summed E-state index contributed by atoms with van der Waals surface area (Å²) in [6.07, 6.45) is 3.26. The van der Waals surface area contributed by atoms with Gasteiger partial charge in [-0.3, -0.25) is 9.59 Å². The van der Waals surface area contributed by atoms with Crippen LogP contribution in [0.25, 0.3) is 0 Å². The van der Waals surface area contributed by atoms with Crippen molar-refractivity contribution in [2.24, 2.45) is 0 Å². The Kier molecular flexibility index (Phi) is 12.6. The van der Waals surface area contributed by atoms with Crippen LogP contribution in [0.4, 0.5) is 18.9 Å². The van der Waals surface area contributed by atoms with Crippen molar-refractivity contribution in [1.29, 1.82) is 0 Å². The molecule has 0 unspecified atom stereocenters. The molecule has 6 rings (SSSR count). The van der Waals surface area contributed by atoms with Crippen molar-refractivity contribution in [2.75, 3.05) is 24.5 Å². The van der Waals surface area contributed by atoms with Gasteiger partial charge in [-0.05, 0) is 79.0 Å². The number of benzene rings is 3. The molecule has 0 spiro atoms. The molecule has 3 N–H and O–H groups in total. The summed E-state index contributed by atoms with van der Waals surface area (Å²) in [5, 5.41) is 14.6. The molecule has 3 aliphatic heterocycles. The Labute approximate surface area is 295 Å². The molecular weight excluding hydrogens is 669 g/mol. The number of piperidine rings is 2. The number of carboxylic acid groups (broad SMARTS) is 1. The van der Waals surface area contributed by atoms with Crippen LogP contribution in [0.5, 0.6) is 0 Å². The first-order chi connectivity index (χ1) is 24.0. The molecule has 0 aliphatic carbocycles. The van der Waals surface area contributed by atoms with Gasteiger partial charge in [0, 0.05) is 49.9 Å². The smallest absolute Gasteiger partial charge is 0.475 e. The number of anilines is 1. The van der Waals surface area contributed by atoms with E-state index in [0.29, 0.717) is 37.4 Å². The van der Waals surface area contributed by atoms with Crippen molar-refractivity contribution in [2.45, 2.75) is 76.3 Å². The largest absolute Gasteiger partial charge is 0.490 e. The molecule has 3 aliphatic rings. The fourth-order valence-corrected chi connectivity index (χ4v) is 6.75. The number of para-hydroxylation sites is 1. The molecule has 2 amide bonds. The van der Waals surface area contributed by atoms with E-state index in [9.17, 15) is 22.8 Å². The summed E-state index contributed by atoms with van der Waals surface area (Å²) >= 11 is 6.15. The zero-order chi connectivity index (χ0) is 35.7. The molecular formula is C38H42ClF3N4O4. The number of likely N-dealkylation sites (tertiary alicyclic amines) is 1. The second-order valence-electron chi connectivity index (χ2n) is 12.9. The van der Waals surface area contributed by atoms with Crippen LogP contribution in [-0.2, 0) is 40.3 Å². The second kappa shape index (κ2) is 17.0. The van der Waals surface area contributed by atoms with Gasteiger partial charge in [-0.15, -0.1) is 0 Å². The van der Waals surface area contributed by atoms with Crippen LogP contribution < -0.4 is 15.5 Å². The van der Waals surface area contributed by atoms with Gasteiger partial charge in [-0.2, -0.15) is 13.2 Å². The van der Waals surface area contributed by atoms with Crippen LogP contribution in [-0.4, -0.2) is 65.7 Å². The number of hydrogen-bond acceptors (Lipinski definition) is 5. The maximum Gasteiger partial charge on any atom is 0.490 e. The van der Waals surface area contributed by atoms with E-state index in [4.69, 9.17) is 21.5 Å². The number of carboxylic acids is 1. The van der Waals surface area contributed by atoms with Gasteiger partial charge in [0.25, 0.3) is 0 Å². The number of nitrogens with zero attached hydrogens (tertiary/aromatic N) is 2. The zero-order valence-electron chi connectivity index (χ0n) is 27.7. The van der Waals surface area contributed by atoms with Crippen LogP contribution in [0.2, 0.25) is 5.02 Å². The Morgan fingerprint density at radius 1 is 0.940 bits per heavy atom. The maximum absolute atomic E-state index is 13.5. The SMILES string of the molecule is O=C(N[C@@H](C=C1CCN(c2ccccc2CN2CCCCC2=O)CC1)Cc1ccc(Cl)cc1)[C@H]1Cc2ccccc2CN1.O=C(O)C(F)(F)F. The molecule has 3 aromatic carbocycles. The van der Waals surface area contributed by atoms with Crippen LogP contribution >= 0.6 is 11.6 Å². The summed E-state index contributed by atoms with van der Waals surface area (Å²) in [4.78, 5) is 39.3. The molecule has 266 valence electrons. The van der Waals surface area contributed by atoms with Gasteiger partial charge in [0.2, 0.25) is 11.8 Å². The van der Waals surface area contributed by atoms with Gasteiger partial charge in [-0.25, -0.2) is 4.79 Å². The summed E-state index contributed by atoms with van der Waals surface area (Å²) in [6, 6.07) is 24.4. The predicted octanol–water partition coefficient (Wildman–Crippen LogP) is 6.45. The molecule has 50 heavy (non-hydrogen) atoms. The van der Waals surface area contributed by atoms with Crippen molar-refractivity contribution in [3.05, 3.63) is 112 Å². The normalized spacial score (nSPS) is 18.4. The minimum absolute atomic E-state index is 0.0453. The summed E-state index contributed by atoms with van der Waals surface area (Å²) in [5.74, 6) is -2.44. The third-order valence-corrected chi connectivity index (χ3v) is 9.55.